The van der Waals surface area contributed by atoms with Gasteiger partial charge in [-0.15, -0.1) is 11.3 Å². The Bertz CT molecular complexity index is 812. The number of thiophene rings is 1. The zero-order valence-electron chi connectivity index (χ0n) is 13.8. The molecule has 0 amide bonds. The van der Waals surface area contributed by atoms with E-state index in [1.54, 1.807) is 11.3 Å². The van der Waals surface area contributed by atoms with Crippen LogP contribution in [0.2, 0.25) is 5.02 Å². The Kier molecular flexibility index (Phi) is 5.12. The summed E-state index contributed by atoms with van der Waals surface area (Å²) in [5.41, 5.74) is 1.26. The lowest BCUT2D eigenvalue weighted by molar-refractivity contribution is 0.112. The van der Waals surface area contributed by atoms with Gasteiger partial charge >= 0.3 is 0 Å². The number of benzene rings is 1. The predicted octanol–water partition coefficient (Wildman–Crippen LogP) is 3.77. The van der Waals surface area contributed by atoms with Crippen LogP contribution in [0.15, 0.2) is 46.3 Å². The van der Waals surface area contributed by atoms with E-state index < -0.39 is 0 Å². The van der Waals surface area contributed by atoms with Crippen molar-refractivity contribution in [1.82, 2.24) is 19.9 Å². The number of piperazine rings is 1. The number of rotatable bonds is 5. The lowest BCUT2D eigenvalue weighted by Gasteiger charge is -2.33. The molecular formula is C18H19ClN4OS. The van der Waals surface area contributed by atoms with Gasteiger partial charge in [0.25, 0.3) is 0 Å². The van der Waals surface area contributed by atoms with Gasteiger partial charge in [0.1, 0.15) is 0 Å². The first kappa shape index (κ1) is 16.7. The summed E-state index contributed by atoms with van der Waals surface area (Å²) in [6.45, 7) is 5.70. The molecule has 0 atom stereocenters. The standard InChI is InChI=1S/C18H19ClN4OS/c19-15-4-1-3-14(11-15)12-22-6-8-23(9-7-22)13-17-20-18(21-24-17)16-5-2-10-25-16/h1-5,10-11H,6-9,12-13H2. The minimum absolute atomic E-state index is 0.685. The molecule has 1 saturated heterocycles. The Hall–Kier alpha value is -1.73. The maximum Gasteiger partial charge on any atom is 0.241 e. The quantitative estimate of drug-likeness (QED) is 0.680. The Labute approximate surface area is 155 Å². The third-order valence-electron chi connectivity index (χ3n) is 4.33. The second-order valence-electron chi connectivity index (χ2n) is 6.17. The van der Waals surface area contributed by atoms with Crippen molar-refractivity contribution in [3.63, 3.8) is 0 Å². The molecule has 130 valence electrons. The average molecular weight is 375 g/mol. The molecular weight excluding hydrogens is 356 g/mol. The summed E-state index contributed by atoms with van der Waals surface area (Å²) in [6, 6.07) is 12.1. The summed E-state index contributed by atoms with van der Waals surface area (Å²) in [4.78, 5) is 10.4. The highest BCUT2D eigenvalue weighted by atomic mass is 35.5. The second-order valence-corrected chi connectivity index (χ2v) is 7.56. The van der Waals surface area contributed by atoms with Gasteiger partial charge < -0.3 is 4.52 Å². The molecule has 3 aromatic rings. The summed E-state index contributed by atoms with van der Waals surface area (Å²) in [6.07, 6.45) is 0. The molecule has 1 aliphatic heterocycles. The Morgan fingerprint density at radius 2 is 1.84 bits per heavy atom. The van der Waals surface area contributed by atoms with Crippen molar-refractivity contribution in [2.75, 3.05) is 26.2 Å². The van der Waals surface area contributed by atoms with Crippen molar-refractivity contribution in [3.05, 3.63) is 58.3 Å². The number of aromatic nitrogens is 2. The molecule has 1 aliphatic rings. The van der Waals surface area contributed by atoms with Crippen molar-refractivity contribution in [2.45, 2.75) is 13.1 Å². The normalized spacial score (nSPS) is 16.4. The maximum absolute atomic E-state index is 6.07. The molecule has 0 radical (unpaired) electrons. The summed E-state index contributed by atoms with van der Waals surface area (Å²) in [5, 5.41) is 6.90. The summed E-state index contributed by atoms with van der Waals surface area (Å²) in [5.74, 6) is 1.37. The van der Waals surface area contributed by atoms with E-state index in [-0.39, 0.29) is 0 Å². The van der Waals surface area contributed by atoms with E-state index in [1.807, 2.05) is 35.7 Å². The SMILES string of the molecule is Clc1cccc(CN2CCN(Cc3nc(-c4cccs4)no3)CC2)c1. The van der Waals surface area contributed by atoms with Gasteiger partial charge in [-0.25, -0.2) is 0 Å². The smallest absolute Gasteiger partial charge is 0.241 e. The fraction of sp³-hybridized carbons (Fsp3) is 0.333. The highest BCUT2D eigenvalue weighted by molar-refractivity contribution is 7.13. The monoisotopic (exact) mass is 374 g/mol. The van der Waals surface area contributed by atoms with E-state index in [0.29, 0.717) is 18.3 Å². The fourth-order valence-corrected chi connectivity index (χ4v) is 3.88. The van der Waals surface area contributed by atoms with Crippen LogP contribution in [0.3, 0.4) is 0 Å². The van der Waals surface area contributed by atoms with Crippen molar-refractivity contribution in [1.29, 1.82) is 0 Å². The number of hydrogen-bond donors (Lipinski definition) is 0. The molecule has 0 aliphatic carbocycles. The van der Waals surface area contributed by atoms with Gasteiger partial charge in [-0.2, -0.15) is 4.98 Å². The molecule has 0 saturated carbocycles. The largest absolute Gasteiger partial charge is 0.338 e. The Balaban J connectivity index is 1.29. The highest BCUT2D eigenvalue weighted by Gasteiger charge is 2.19. The van der Waals surface area contributed by atoms with Crippen LogP contribution in [-0.2, 0) is 13.1 Å². The fourth-order valence-electron chi connectivity index (χ4n) is 3.02. The van der Waals surface area contributed by atoms with E-state index in [0.717, 1.165) is 42.6 Å². The van der Waals surface area contributed by atoms with Crippen LogP contribution < -0.4 is 0 Å². The summed E-state index contributed by atoms with van der Waals surface area (Å²) < 4.78 is 5.40. The van der Waals surface area contributed by atoms with Crippen LogP contribution in [0.4, 0.5) is 0 Å². The number of halogens is 1. The van der Waals surface area contributed by atoms with Gasteiger partial charge in [0.2, 0.25) is 11.7 Å². The molecule has 1 aromatic carbocycles. The van der Waals surface area contributed by atoms with Crippen LogP contribution in [0, 0.1) is 0 Å². The third-order valence-corrected chi connectivity index (χ3v) is 5.43. The van der Waals surface area contributed by atoms with Gasteiger partial charge in [-0.1, -0.05) is 35.0 Å². The lowest BCUT2D eigenvalue weighted by atomic mass is 10.2. The Morgan fingerprint density at radius 1 is 1.04 bits per heavy atom. The van der Waals surface area contributed by atoms with E-state index in [1.165, 1.54) is 5.56 Å². The van der Waals surface area contributed by atoms with Crippen LogP contribution in [-0.4, -0.2) is 46.1 Å². The minimum atomic E-state index is 0.685. The van der Waals surface area contributed by atoms with Gasteiger partial charge in [-0.3, -0.25) is 9.80 Å². The van der Waals surface area contributed by atoms with Crippen LogP contribution >= 0.6 is 22.9 Å². The highest BCUT2D eigenvalue weighted by Crippen LogP contribution is 2.22. The van der Waals surface area contributed by atoms with Gasteiger partial charge in [0.05, 0.1) is 11.4 Å². The lowest BCUT2D eigenvalue weighted by Crippen LogP contribution is -2.45. The first-order chi connectivity index (χ1) is 12.3. The molecule has 25 heavy (non-hydrogen) atoms. The van der Waals surface area contributed by atoms with Crippen LogP contribution in [0.1, 0.15) is 11.5 Å². The van der Waals surface area contributed by atoms with Crippen molar-refractivity contribution in [2.24, 2.45) is 0 Å². The first-order valence-electron chi connectivity index (χ1n) is 8.32. The number of nitrogens with zero attached hydrogens (tertiary/aromatic N) is 4. The average Bonchev–Trinajstić information content (AvgIpc) is 3.28. The molecule has 0 spiro atoms. The van der Waals surface area contributed by atoms with Crippen LogP contribution in [0.5, 0.6) is 0 Å². The molecule has 0 unspecified atom stereocenters. The van der Waals surface area contributed by atoms with Gasteiger partial charge in [0, 0.05) is 37.7 Å². The van der Waals surface area contributed by atoms with Crippen molar-refractivity contribution in [3.8, 4) is 10.7 Å². The molecule has 0 bridgehead atoms. The van der Waals surface area contributed by atoms with Gasteiger partial charge in [-0.05, 0) is 29.1 Å². The summed E-state index contributed by atoms with van der Waals surface area (Å²) in [7, 11) is 0. The second kappa shape index (κ2) is 7.66. The van der Waals surface area contributed by atoms with Crippen molar-refractivity contribution >= 4 is 22.9 Å². The third kappa shape index (κ3) is 4.27. The topological polar surface area (TPSA) is 45.4 Å². The maximum atomic E-state index is 6.07. The summed E-state index contributed by atoms with van der Waals surface area (Å²) >= 11 is 7.69. The predicted molar refractivity (Wildman–Crippen MR) is 99.6 cm³/mol. The van der Waals surface area contributed by atoms with Crippen molar-refractivity contribution < 1.29 is 4.52 Å². The van der Waals surface area contributed by atoms with E-state index in [9.17, 15) is 0 Å². The zero-order valence-corrected chi connectivity index (χ0v) is 15.3. The molecule has 7 heteroatoms. The first-order valence-corrected chi connectivity index (χ1v) is 9.58. The van der Waals surface area contributed by atoms with Gasteiger partial charge in [0.15, 0.2) is 0 Å². The Morgan fingerprint density at radius 3 is 2.56 bits per heavy atom. The molecule has 5 nitrogen and oxygen atoms in total. The molecule has 0 N–H and O–H groups in total. The number of hydrogen-bond acceptors (Lipinski definition) is 6. The molecule has 1 fully saturated rings. The molecule has 4 rings (SSSR count). The molecule has 2 aromatic heterocycles. The minimum Gasteiger partial charge on any atom is -0.338 e. The van der Waals surface area contributed by atoms with E-state index in [2.05, 4.69) is 26.0 Å². The van der Waals surface area contributed by atoms with Crippen LogP contribution in [0.25, 0.3) is 10.7 Å². The molecule has 3 heterocycles. The van der Waals surface area contributed by atoms with E-state index in [4.69, 9.17) is 16.1 Å². The zero-order chi connectivity index (χ0) is 17.1. The van der Waals surface area contributed by atoms with E-state index >= 15 is 0 Å².